The fourth-order valence-electron chi connectivity index (χ4n) is 1.16. The van der Waals surface area contributed by atoms with Gasteiger partial charge in [0, 0.05) is 6.54 Å². The summed E-state index contributed by atoms with van der Waals surface area (Å²) in [7, 11) is 0. The molecule has 4 heteroatoms. The Morgan fingerprint density at radius 2 is 2.00 bits per heavy atom. The van der Waals surface area contributed by atoms with Crippen LogP contribution in [0.1, 0.15) is 39.0 Å². The van der Waals surface area contributed by atoms with E-state index in [-0.39, 0.29) is 24.9 Å². The Morgan fingerprint density at radius 1 is 1.38 bits per heavy atom. The second-order valence-corrected chi connectivity index (χ2v) is 3.12. The molecule has 0 aromatic rings. The molecule has 0 rings (SSSR count). The summed E-state index contributed by atoms with van der Waals surface area (Å²) in [4.78, 5) is 10.5. The first kappa shape index (κ1) is 15.2. The summed E-state index contributed by atoms with van der Waals surface area (Å²) in [5.74, 6) is -1.09. The highest BCUT2D eigenvalue weighted by Gasteiger charge is 2.13. The van der Waals surface area contributed by atoms with Gasteiger partial charge in [0.2, 0.25) is 0 Å². The lowest BCUT2D eigenvalue weighted by Gasteiger charge is -2.08. The smallest absolute Gasteiger partial charge is 0.307 e. The van der Waals surface area contributed by atoms with E-state index in [2.05, 4.69) is 6.92 Å². The van der Waals surface area contributed by atoms with Gasteiger partial charge in [-0.15, -0.1) is 12.4 Å². The first-order valence-electron chi connectivity index (χ1n) is 4.65. The van der Waals surface area contributed by atoms with Crippen molar-refractivity contribution in [2.45, 2.75) is 39.0 Å². The van der Waals surface area contributed by atoms with Crippen LogP contribution in [-0.2, 0) is 4.79 Å². The highest BCUT2D eigenvalue weighted by atomic mass is 35.5. The third-order valence-electron chi connectivity index (χ3n) is 2.04. The molecule has 0 saturated carbocycles. The second kappa shape index (κ2) is 9.81. The Morgan fingerprint density at radius 3 is 2.38 bits per heavy atom. The summed E-state index contributed by atoms with van der Waals surface area (Å²) >= 11 is 0. The van der Waals surface area contributed by atoms with Crippen LogP contribution >= 0.6 is 12.4 Å². The predicted molar refractivity (Wildman–Crippen MR) is 56.2 cm³/mol. The molecule has 80 valence electrons. The Balaban J connectivity index is 0. The molecule has 1 unspecified atom stereocenters. The molecule has 0 aromatic carbocycles. The van der Waals surface area contributed by atoms with Gasteiger partial charge in [0.1, 0.15) is 0 Å². The van der Waals surface area contributed by atoms with Gasteiger partial charge in [0.15, 0.2) is 0 Å². The average Bonchev–Trinajstić information content (AvgIpc) is 2.04. The van der Waals surface area contributed by atoms with Crippen molar-refractivity contribution in [1.29, 1.82) is 0 Å². The number of carboxylic acid groups (broad SMARTS) is 1. The fraction of sp³-hybridized carbons (Fsp3) is 0.889. The number of nitrogens with two attached hydrogens (primary N) is 1. The summed E-state index contributed by atoms with van der Waals surface area (Å²) in [5.41, 5.74) is 5.31. The topological polar surface area (TPSA) is 63.3 Å². The molecule has 0 radical (unpaired) electrons. The van der Waals surface area contributed by atoms with E-state index in [1.165, 1.54) is 12.8 Å². The standard InChI is InChI=1S/C9H19NO2.ClH/c1-2-3-4-5-6-8(7-10)9(11)12;/h8H,2-7,10H2,1H3,(H,11,12);1H. The molecule has 13 heavy (non-hydrogen) atoms. The van der Waals surface area contributed by atoms with Crippen LogP contribution in [0.25, 0.3) is 0 Å². The van der Waals surface area contributed by atoms with Crippen LogP contribution in [0.5, 0.6) is 0 Å². The fourth-order valence-corrected chi connectivity index (χ4v) is 1.16. The van der Waals surface area contributed by atoms with Crippen LogP contribution in [0.15, 0.2) is 0 Å². The number of carbonyl (C=O) groups is 1. The van der Waals surface area contributed by atoms with Gasteiger partial charge >= 0.3 is 5.97 Å². The van der Waals surface area contributed by atoms with Crippen molar-refractivity contribution >= 4 is 18.4 Å². The molecule has 0 fully saturated rings. The molecular weight excluding hydrogens is 190 g/mol. The van der Waals surface area contributed by atoms with E-state index in [1.54, 1.807) is 0 Å². The molecule has 1 atom stereocenters. The summed E-state index contributed by atoms with van der Waals surface area (Å²) in [6, 6.07) is 0. The molecule has 0 aliphatic carbocycles. The highest BCUT2D eigenvalue weighted by Crippen LogP contribution is 2.09. The Hall–Kier alpha value is -0.280. The van der Waals surface area contributed by atoms with Crippen LogP contribution in [0.4, 0.5) is 0 Å². The summed E-state index contributed by atoms with van der Waals surface area (Å²) in [6.07, 6.45) is 5.21. The van der Waals surface area contributed by atoms with Crippen molar-refractivity contribution < 1.29 is 9.90 Å². The minimum absolute atomic E-state index is 0. The van der Waals surface area contributed by atoms with Gasteiger partial charge in [-0.25, -0.2) is 0 Å². The lowest BCUT2D eigenvalue weighted by molar-refractivity contribution is -0.141. The maximum Gasteiger partial charge on any atom is 0.307 e. The van der Waals surface area contributed by atoms with Crippen LogP contribution in [-0.4, -0.2) is 17.6 Å². The van der Waals surface area contributed by atoms with E-state index in [0.717, 1.165) is 19.3 Å². The second-order valence-electron chi connectivity index (χ2n) is 3.12. The van der Waals surface area contributed by atoms with Crippen molar-refractivity contribution in [3.05, 3.63) is 0 Å². The van der Waals surface area contributed by atoms with Gasteiger partial charge < -0.3 is 10.8 Å². The van der Waals surface area contributed by atoms with Crippen molar-refractivity contribution in [2.24, 2.45) is 11.7 Å². The summed E-state index contributed by atoms with van der Waals surface area (Å²) < 4.78 is 0. The molecule has 0 aliphatic heterocycles. The molecule has 3 N–H and O–H groups in total. The van der Waals surface area contributed by atoms with Crippen molar-refractivity contribution in [2.75, 3.05) is 6.54 Å². The van der Waals surface area contributed by atoms with Gasteiger partial charge in [0.25, 0.3) is 0 Å². The molecule has 0 heterocycles. The number of hydrogen-bond acceptors (Lipinski definition) is 2. The van der Waals surface area contributed by atoms with Gasteiger partial charge in [-0.2, -0.15) is 0 Å². The van der Waals surface area contributed by atoms with E-state index in [9.17, 15) is 4.79 Å². The quantitative estimate of drug-likeness (QED) is 0.631. The molecule has 0 aliphatic rings. The van der Waals surface area contributed by atoms with Crippen molar-refractivity contribution in [1.82, 2.24) is 0 Å². The Kier molecular flexibility index (Phi) is 11.5. The van der Waals surface area contributed by atoms with E-state index < -0.39 is 5.97 Å². The van der Waals surface area contributed by atoms with Crippen LogP contribution < -0.4 is 5.73 Å². The number of carboxylic acids is 1. The molecular formula is C9H20ClNO2. The Bertz CT molecular complexity index is 131. The first-order valence-corrected chi connectivity index (χ1v) is 4.65. The third-order valence-corrected chi connectivity index (χ3v) is 2.04. The minimum Gasteiger partial charge on any atom is -0.481 e. The SMILES string of the molecule is CCCCCCC(CN)C(=O)O.Cl. The number of rotatable bonds is 7. The maximum absolute atomic E-state index is 10.5. The molecule has 0 aromatic heterocycles. The average molecular weight is 210 g/mol. The monoisotopic (exact) mass is 209 g/mol. The lowest BCUT2D eigenvalue weighted by atomic mass is 10.0. The molecule has 0 amide bonds. The molecule has 0 spiro atoms. The normalized spacial score (nSPS) is 11.8. The van der Waals surface area contributed by atoms with Crippen molar-refractivity contribution in [3.8, 4) is 0 Å². The third kappa shape index (κ3) is 8.06. The van der Waals surface area contributed by atoms with Crippen LogP contribution in [0.3, 0.4) is 0 Å². The number of hydrogen-bond donors (Lipinski definition) is 2. The predicted octanol–water partition coefficient (Wildman–Crippen LogP) is 2.04. The van der Waals surface area contributed by atoms with E-state index in [4.69, 9.17) is 10.8 Å². The molecule has 0 bridgehead atoms. The maximum atomic E-state index is 10.5. The largest absolute Gasteiger partial charge is 0.481 e. The highest BCUT2D eigenvalue weighted by molar-refractivity contribution is 5.85. The molecule has 0 saturated heterocycles. The van der Waals surface area contributed by atoms with E-state index in [0.29, 0.717) is 0 Å². The zero-order valence-corrected chi connectivity index (χ0v) is 8.98. The van der Waals surface area contributed by atoms with Crippen molar-refractivity contribution in [3.63, 3.8) is 0 Å². The van der Waals surface area contributed by atoms with Gasteiger partial charge in [0.05, 0.1) is 5.92 Å². The summed E-state index contributed by atoms with van der Waals surface area (Å²) in [5, 5.41) is 8.65. The zero-order valence-electron chi connectivity index (χ0n) is 8.16. The number of unbranched alkanes of at least 4 members (excludes halogenated alkanes) is 3. The number of halogens is 1. The lowest BCUT2D eigenvalue weighted by Crippen LogP contribution is -2.23. The van der Waals surface area contributed by atoms with Gasteiger partial charge in [-0.1, -0.05) is 32.6 Å². The van der Waals surface area contributed by atoms with Crippen LogP contribution in [0, 0.1) is 5.92 Å². The summed E-state index contributed by atoms with van der Waals surface area (Å²) in [6.45, 7) is 2.40. The minimum atomic E-state index is -0.756. The van der Waals surface area contributed by atoms with E-state index in [1.807, 2.05) is 0 Å². The first-order chi connectivity index (χ1) is 5.72. The Labute approximate surface area is 86.1 Å². The molecule has 3 nitrogen and oxygen atoms in total. The van der Waals surface area contributed by atoms with Crippen LogP contribution in [0.2, 0.25) is 0 Å². The van der Waals surface area contributed by atoms with Gasteiger partial charge in [-0.3, -0.25) is 4.79 Å². The van der Waals surface area contributed by atoms with Gasteiger partial charge in [-0.05, 0) is 6.42 Å². The zero-order chi connectivity index (χ0) is 9.40. The number of aliphatic carboxylic acids is 1. The van der Waals surface area contributed by atoms with E-state index >= 15 is 0 Å².